The molecular formula is C13H28O4S. The fourth-order valence-corrected chi connectivity index (χ4v) is 3.02. The largest absolute Gasteiger partial charge is 0.399 e. The summed E-state index contributed by atoms with van der Waals surface area (Å²) in [5.74, 6) is 1.26. The summed E-state index contributed by atoms with van der Waals surface area (Å²) in [4.78, 5) is 0. The second-order valence-electron chi connectivity index (χ2n) is 5.04. The standard InChI is InChI=1S/C11H22O4S.C2H6/c1-8(2)10-6-5-9(3)7-11(10)15-16(12,13)14-4;1-2/h8-11H,5-7H2,1-4H3;1-2H3. The number of hydrogen-bond acceptors (Lipinski definition) is 4. The van der Waals surface area contributed by atoms with Crippen LogP contribution in [0.4, 0.5) is 0 Å². The topological polar surface area (TPSA) is 52.6 Å². The molecule has 0 N–H and O–H groups in total. The molecule has 0 heterocycles. The molecule has 1 fully saturated rings. The minimum absolute atomic E-state index is 0.228. The molecule has 1 aliphatic carbocycles. The molecule has 0 aromatic rings. The van der Waals surface area contributed by atoms with Gasteiger partial charge in [-0.25, -0.2) is 4.18 Å². The summed E-state index contributed by atoms with van der Waals surface area (Å²) < 4.78 is 32.1. The predicted octanol–water partition coefficient (Wildman–Crippen LogP) is 3.38. The molecule has 0 aliphatic heterocycles. The third-order valence-electron chi connectivity index (χ3n) is 3.41. The third kappa shape index (κ3) is 5.67. The number of rotatable bonds is 4. The van der Waals surface area contributed by atoms with Crippen LogP contribution in [0.1, 0.15) is 53.9 Å². The molecule has 1 saturated carbocycles. The molecule has 0 aromatic carbocycles. The Kier molecular flexibility index (Phi) is 8.06. The van der Waals surface area contributed by atoms with Crippen LogP contribution < -0.4 is 0 Å². The predicted molar refractivity (Wildman–Crippen MR) is 73.5 cm³/mol. The van der Waals surface area contributed by atoms with E-state index in [1.54, 1.807) is 0 Å². The van der Waals surface area contributed by atoms with Gasteiger partial charge in [-0.15, -0.1) is 0 Å². The molecule has 1 aliphatic rings. The van der Waals surface area contributed by atoms with Crippen molar-refractivity contribution < 1.29 is 16.8 Å². The molecule has 18 heavy (non-hydrogen) atoms. The van der Waals surface area contributed by atoms with E-state index >= 15 is 0 Å². The molecule has 0 spiro atoms. The van der Waals surface area contributed by atoms with Crippen LogP contribution in [0, 0.1) is 17.8 Å². The molecule has 110 valence electrons. The van der Waals surface area contributed by atoms with Crippen LogP contribution in [-0.4, -0.2) is 21.6 Å². The van der Waals surface area contributed by atoms with Crippen LogP contribution in [0.2, 0.25) is 0 Å². The van der Waals surface area contributed by atoms with Gasteiger partial charge in [0.15, 0.2) is 0 Å². The first-order valence-electron chi connectivity index (χ1n) is 6.84. The molecule has 0 saturated heterocycles. The van der Waals surface area contributed by atoms with E-state index in [0.717, 1.165) is 26.4 Å². The summed E-state index contributed by atoms with van der Waals surface area (Å²) in [5, 5.41) is 0. The molecule has 0 aromatic heterocycles. The van der Waals surface area contributed by atoms with E-state index < -0.39 is 10.4 Å². The molecule has 0 bridgehead atoms. The average molecular weight is 280 g/mol. The van der Waals surface area contributed by atoms with Crippen molar-refractivity contribution in [3.05, 3.63) is 0 Å². The van der Waals surface area contributed by atoms with Gasteiger partial charge in [-0.1, -0.05) is 41.0 Å². The molecule has 0 radical (unpaired) electrons. The maximum absolute atomic E-state index is 11.3. The highest BCUT2D eigenvalue weighted by molar-refractivity contribution is 7.81. The third-order valence-corrected chi connectivity index (χ3v) is 4.30. The first-order valence-corrected chi connectivity index (χ1v) is 8.18. The van der Waals surface area contributed by atoms with Gasteiger partial charge in [0, 0.05) is 0 Å². The van der Waals surface area contributed by atoms with E-state index in [0.29, 0.717) is 17.8 Å². The van der Waals surface area contributed by atoms with Crippen molar-refractivity contribution >= 4 is 10.4 Å². The van der Waals surface area contributed by atoms with Crippen molar-refractivity contribution in [3.63, 3.8) is 0 Å². The Morgan fingerprint density at radius 1 is 1.17 bits per heavy atom. The van der Waals surface area contributed by atoms with Gasteiger partial charge in [-0.05, 0) is 30.6 Å². The highest BCUT2D eigenvalue weighted by Gasteiger charge is 2.34. The molecule has 3 atom stereocenters. The van der Waals surface area contributed by atoms with Crippen LogP contribution in [0.3, 0.4) is 0 Å². The van der Waals surface area contributed by atoms with Crippen LogP contribution >= 0.6 is 0 Å². The van der Waals surface area contributed by atoms with E-state index in [1.165, 1.54) is 0 Å². The molecule has 0 amide bonds. The zero-order chi connectivity index (χ0) is 14.3. The maximum Gasteiger partial charge on any atom is 0.399 e. The normalized spacial score (nSPS) is 28.7. The zero-order valence-corrected chi connectivity index (χ0v) is 13.3. The molecule has 4 nitrogen and oxygen atoms in total. The number of hydrogen-bond donors (Lipinski definition) is 0. The Hall–Kier alpha value is -0.130. The van der Waals surface area contributed by atoms with Gasteiger partial charge < -0.3 is 0 Å². The van der Waals surface area contributed by atoms with E-state index in [2.05, 4.69) is 25.0 Å². The van der Waals surface area contributed by atoms with E-state index in [1.807, 2.05) is 13.8 Å². The smallest absolute Gasteiger partial charge is 0.252 e. The molecule has 5 heteroatoms. The van der Waals surface area contributed by atoms with Gasteiger partial charge in [-0.2, -0.15) is 8.42 Å². The highest BCUT2D eigenvalue weighted by Crippen LogP contribution is 2.36. The van der Waals surface area contributed by atoms with Crippen molar-refractivity contribution in [2.45, 2.75) is 60.0 Å². The minimum atomic E-state index is -3.81. The maximum atomic E-state index is 11.3. The summed E-state index contributed by atoms with van der Waals surface area (Å²) in [7, 11) is -2.68. The Morgan fingerprint density at radius 2 is 1.72 bits per heavy atom. The Labute approximate surface area is 112 Å². The lowest BCUT2D eigenvalue weighted by atomic mass is 9.75. The second-order valence-corrected chi connectivity index (χ2v) is 6.38. The highest BCUT2D eigenvalue weighted by atomic mass is 32.3. The molecule has 3 unspecified atom stereocenters. The zero-order valence-electron chi connectivity index (χ0n) is 12.5. The quantitative estimate of drug-likeness (QED) is 0.792. The van der Waals surface area contributed by atoms with Crippen molar-refractivity contribution in [1.82, 2.24) is 0 Å². The van der Waals surface area contributed by atoms with E-state index in [9.17, 15) is 8.42 Å². The fraction of sp³-hybridized carbons (Fsp3) is 1.00. The van der Waals surface area contributed by atoms with Crippen LogP contribution in [0.25, 0.3) is 0 Å². The average Bonchev–Trinajstić information content (AvgIpc) is 2.31. The monoisotopic (exact) mass is 280 g/mol. The SMILES string of the molecule is CC.COS(=O)(=O)OC1CC(C)CCC1C(C)C. The van der Waals surface area contributed by atoms with Crippen LogP contribution in [0.5, 0.6) is 0 Å². The first-order chi connectivity index (χ1) is 8.35. The summed E-state index contributed by atoms with van der Waals surface area (Å²) in [6.45, 7) is 10.3. The van der Waals surface area contributed by atoms with Crippen molar-refractivity contribution in [1.29, 1.82) is 0 Å². The fourth-order valence-electron chi connectivity index (χ4n) is 2.42. The lowest BCUT2D eigenvalue weighted by Gasteiger charge is -2.36. The van der Waals surface area contributed by atoms with Gasteiger partial charge in [0.2, 0.25) is 0 Å². The first kappa shape index (κ1) is 17.9. The van der Waals surface area contributed by atoms with Gasteiger partial charge in [0.05, 0.1) is 13.2 Å². The van der Waals surface area contributed by atoms with E-state index in [4.69, 9.17) is 4.18 Å². The Bertz CT molecular complexity index is 311. The van der Waals surface area contributed by atoms with Crippen LogP contribution in [-0.2, 0) is 18.8 Å². The van der Waals surface area contributed by atoms with Gasteiger partial charge in [0.1, 0.15) is 0 Å². The summed E-state index contributed by atoms with van der Waals surface area (Å²) in [5.41, 5.74) is 0. The summed E-state index contributed by atoms with van der Waals surface area (Å²) >= 11 is 0. The lowest BCUT2D eigenvalue weighted by Crippen LogP contribution is -2.36. The minimum Gasteiger partial charge on any atom is -0.252 e. The summed E-state index contributed by atoms with van der Waals surface area (Å²) in [6.07, 6.45) is 2.75. The molecular weight excluding hydrogens is 252 g/mol. The van der Waals surface area contributed by atoms with Crippen molar-refractivity contribution in [2.24, 2.45) is 17.8 Å². The van der Waals surface area contributed by atoms with Gasteiger partial charge in [-0.3, -0.25) is 4.18 Å². The summed E-state index contributed by atoms with van der Waals surface area (Å²) in [6, 6.07) is 0. The van der Waals surface area contributed by atoms with Gasteiger partial charge >= 0.3 is 10.4 Å². The van der Waals surface area contributed by atoms with Gasteiger partial charge in [0.25, 0.3) is 0 Å². The van der Waals surface area contributed by atoms with E-state index in [-0.39, 0.29) is 6.10 Å². The van der Waals surface area contributed by atoms with Crippen molar-refractivity contribution in [2.75, 3.05) is 7.11 Å². The Balaban J connectivity index is 0.00000137. The molecule has 1 rings (SSSR count). The lowest BCUT2D eigenvalue weighted by molar-refractivity contribution is 0.0394. The Morgan fingerprint density at radius 3 is 2.17 bits per heavy atom. The van der Waals surface area contributed by atoms with Crippen molar-refractivity contribution in [3.8, 4) is 0 Å². The second kappa shape index (κ2) is 8.12. The van der Waals surface area contributed by atoms with Crippen LogP contribution in [0.15, 0.2) is 0 Å².